The molecule has 0 radical (unpaired) electrons. The van der Waals surface area contributed by atoms with E-state index in [9.17, 15) is 4.79 Å². The Kier molecular flexibility index (Phi) is 7.36. The predicted molar refractivity (Wildman–Crippen MR) is 113 cm³/mol. The Bertz CT molecular complexity index is 808. The van der Waals surface area contributed by atoms with Crippen LogP contribution in [0.1, 0.15) is 34.8 Å². The molecule has 0 amide bonds. The zero-order chi connectivity index (χ0) is 19.9. The first-order valence-electron chi connectivity index (χ1n) is 9.57. The highest BCUT2D eigenvalue weighted by atomic mass is 32.2. The van der Waals surface area contributed by atoms with Gasteiger partial charge < -0.3 is 9.47 Å². The van der Waals surface area contributed by atoms with Crippen molar-refractivity contribution < 1.29 is 14.3 Å². The number of Topliss-reactive ketones (excluding diaryl/α,β-unsaturated/α-hetero) is 1. The number of hydrogen-bond acceptors (Lipinski definition) is 6. The number of nitrogens with one attached hydrogen (secondary N) is 1. The molecule has 28 heavy (non-hydrogen) atoms. The summed E-state index contributed by atoms with van der Waals surface area (Å²) in [4.78, 5) is 14.9. The fraction of sp³-hybridized carbons (Fsp3) is 0.409. The summed E-state index contributed by atoms with van der Waals surface area (Å²) in [6.07, 6.45) is 2.13. The van der Waals surface area contributed by atoms with Crippen molar-refractivity contribution in [3.05, 3.63) is 53.1 Å². The smallest absolute Gasteiger partial charge is 0.161 e. The van der Waals surface area contributed by atoms with E-state index in [0.29, 0.717) is 0 Å². The molecule has 0 aliphatic carbocycles. The summed E-state index contributed by atoms with van der Waals surface area (Å²) in [6.45, 7) is 5.61. The maximum absolute atomic E-state index is 11.3. The van der Waals surface area contributed by atoms with Crippen molar-refractivity contribution in [1.82, 2.24) is 9.62 Å². The molecule has 1 heterocycles. The number of carbonyl (C=O) groups is 1. The topological polar surface area (TPSA) is 50.8 Å². The van der Waals surface area contributed by atoms with Gasteiger partial charge in [-0.05, 0) is 73.7 Å². The number of ketones is 1. The third-order valence-electron chi connectivity index (χ3n) is 5.00. The minimum atomic E-state index is 0.101. The van der Waals surface area contributed by atoms with E-state index < -0.39 is 0 Å². The van der Waals surface area contributed by atoms with E-state index >= 15 is 0 Å². The van der Waals surface area contributed by atoms with E-state index in [0.717, 1.165) is 61.0 Å². The van der Waals surface area contributed by atoms with Gasteiger partial charge in [-0.1, -0.05) is 12.1 Å². The van der Waals surface area contributed by atoms with Crippen molar-refractivity contribution in [3.63, 3.8) is 0 Å². The monoisotopic (exact) mass is 400 g/mol. The van der Waals surface area contributed by atoms with Crippen molar-refractivity contribution in [2.75, 3.05) is 33.9 Å². The van der Waals surface area contributed by atoms with E-state index in [1.54, 1.807) is 33.1 Å². The van der Waals surface area contributed by atoms with Gasteiger partial charge in [-0.2, -0.15) is 0 Å². The fourth-order valence-electron chi connectivity index (χ4n) is 3.40. The number of benzene rings is 2. The van der Waals surface area contributed by atoms with Crippen LogP contribution in [0.5, 0.6) is 11.5 Å². The average molecular weight is 401 g/mol. The molecule has 0 saturated carbocycles. The van der Waals surface area contributed by atoms with Crippen molar-refractivity contribution in [3.8, 4) is 11.5 Å². The second kappa shape index (κ2) is 9.96. The summed E-state index contributed by atoms with van der Waals surface area (Å²) in [6, 6.07) is 11.9. The number of methoxy groups -OCH3 is 2. The standard InChI is InChI=1S/C22H28N2O3S/c1-16(25)17-5-7-20(8-6-17)28-23-10-4-11-24-12-9-18-13-21(26-2)22(27-3)14-19(18)15-24/h5-8,13-14,23H,4,9-12,15H2,1-3H3. The lowest BCUT2D eigenvalue weighted by atomic mass is 9.98. The Morgan fingerprint density at radius 1 is 1.11 bits per heavy atom. The summed E-state index contributed by atoms with van der Waals surface area (Å²) in [5.41, 5.74) is 3.44. The van der Waals surface area contributed by atoms with Crippen LogP contribution in [0.4, 0.5) is 0 Å². The van der Waals surface area contributed by atoms with Crippen molar-refractivity contribution >= 4 is 17.7 Å². The number of fused-ring (bicyclic) bond motifs is 1. The highest BCUT2D eigenvalue weighted by Crippen LogP contribution is 2.33. The summed E-state index contributed by atoms with van der Waals surface area (Å²) < 4.78 is 14.3. The highest BCUT2D eigenvalue weighted by molar-refractivity contribution is 7.97. The first kappa shape index (κ1) is 20.7. The van der Waals surface area contributed by atoms with Crippen LogP contribution in [0, 0.1) is 0 Å². The lowest BCUT2D eigenvalue weighted by Crippen LogP contribution is -2.32. The van der Waals surface area contributed by atoms with E-state index in [2.05, 4.69) is 21.8 Å². The molecular formula is C22H28N2O3S. The normalized spacial score (nSPS) is 13.8. The molecule has 1 aliphatic heterocycles. The van der Waals surface area contributed by atoms with Gasteiger partial charge in [0, 0.05) is 30.1 Å². The molecule has 2 aromatic rings. The summed E-state index contributed by atoms with van der Waals surface area (Å²) in [5.74, 6) is 1.72. The lowest BCUT2D eigenvalue weighted by molar-refractivity contribution is 0.101. The molecule has 2 aromatic carbocycles. The molecule has 6 heteroatoms. The first-order valence-corrected chi connectivity index (χ1v) is 10.4. The number of nitrogens with zero attached hydrogens (tertiary/aromatic N) is 1. The Balaban J connectivity index is 1.42. The zero-order valence-corrected chi connectivity index (χ0v) is 17.6. The van der Waals surface area contributed by atoms with Gasteiger partial charge >= 0.3 is 0 Å². The van der Waals surface area contributed by atoms with E-state index in [4.69, 9.17) is 9.47 Å². The average Bonchev–Trinajstić information content (AvgIpc) is 2.72. The van der Waals surface area contributed by atoms with Crippen LogP contribution in [-0.2, 0) is 13.0 Å². The molecule has 5 nitrogen and oxygen atoms in total. The third kappa shape index (κ3) is 5.28. The largest absolute Gasteiger partial charge is 0.493 e. The van der Waals surface area contributed by atoms with E-state index in [1.807, 2.05) is 24.3 Å². The molecule has 0 fully saturated rings. The van der Waals surface area contributed by atoms with E-state index in [-0.39, 0.29) is 5.78 Å². The van der Waals surface area contributed by atoms with E-state index in [1.165, 1.54) is 11.1 Å². The molecule has 0 spiro atoms. The van der Waals surface area contributed by atoms with Gasteiger partial charge in [-0.25, -0.2) is 0 Å². The van der Waals surface area contributed by atoms with Gasteiger partial charge in [-0.15, -0.1) is 0 Å². The molecule has 1 N–H and O–H groups in total. The fourth-order valence-corrected chi connectivity index (χ4v) is 4.08. The molecule has 150 valence electrons. The summed E-state index contributed by atoms with van der Waals surface area (Å²) >= 11 is 1.61. The minimum absolute atomic E-state index is 0.101. The SMILES string of the molecule is COc1cc2c(cc1OC)CN(CCCNSc1ccc(C(C)=O)cc1)CC2. The molecule has 0 bridgehead atoms. The van der Waals surface area contributed by atoms with Gasteiger partial charge in [0.25, 0.3) is 0 Å². The van der Waals surface area contributed by atoms with Gasteiger partial charge in [0.2, 0.25) is 0 Å². The third-order valence-corrected chi connectivity index (χ3v) is 5.86. The van der Waals surface area contributed by atoms with Crippen LogP contribution >= 0.6 is 11.9 Å². The van der Waals surface area contributed by atoms with Gasteiger partial charge in [0.1, 0.15) is 0 Å². The molecule has 3 rings (SSSR count). The van der Waals surface area contributed by atoms with Crippen LogP contribution in [0.25, 0.3) is 0 Å². The summed E-state index contributed by atoms with van der Waals surface area (Å²) in [5, 5.41) is 0. The van der Waals surface area contributed by atoms with Crippen LogP contribution in [0.3, 0.4) is 0 Å². The second-order valence-corrected chi connectivity index (χ2v) is 7.90. The molecule has 0 aromatic heterocycles. The van der Waals surface area contributed by atoms with Crippen LogP contribution in [-0.4, -0.2) is 44.5 Å². The van der Waals surface area contributed by atoms with Crippen LogP contribution in [0.15, 0.2) is 41.3 Å². The maximum Gasteiger partial charge on any atom is 0.161 e. The Morgan fingerprint density at radius 2 is 1.79 bits per heavy atom. The molecule has 0 unspecified atom stereocenters. The molecule has 0 atom stereocenters. The first-order chi connectivity index (χ1) is 13.6. The number of rotatable bonds is 9. The summed E-state index contributed by atoms with van der Waals surface area (Å²) in [7, 11) is 3.36. The minimum Gasteiger partial charge on any atom is -0.493 e. The van der Waals surface area contributed by atoms with Crippen LogP contribution < -0.4 is 14.2 Å². The van der Waals surface area contributed by atoms with Gasteiger partial charge in [-0.3, -0.25) is 14.4 Å². The Hall–Kier alpha value is -2.02. The quantitative estimate of drug-likeness (QED) is 0.391. The second-order valence-electron chi connectivity index (χ2n) is 6.93. The van der Waals surface area contributed by atoms with Crippen molar-refractivity contribution in [2.45, 2.75) is 31.2 Å². The Labute approximate surface area is 171 Å². The Morgan fingerprint density at radius 3 is 2.43 bits per heavy atom. The van der Waals surface area contributed by atoms with Crippen molar-refractivity contribution in [1.29, 1.82) is 0 Å². The number of carbonyl (C=O) groups excluding carboxylic acids is 1. The predicted octanol–water partition coefficient (Wildman–Crippen LogP) is 3.95. The highest BCUT2D eigenvalue weighted by Gasteiger charge is 2.19. The van der Waals surface area contributed by atoms with Gasteiger partial charge in [0.15, 0.2) is 17.3 Å². The maximum atomic E-state index is 11.3. The molecular weight excluding hydrogens is 372 g/mol. The zero-order valence-electron chi connectivity index (χ0n) is 16.8. The van der Waals surface area contributed by atoms with Crippen molar-refractivity contribution in [2.24, 2.45) is 0 Å². The van der Waals surface area contributed by atoms with Gasteiger partial charge in [0.05, 0.1) is 14.2 Å². The molecule has 1 aliphatic rings. The number of hydrogen-bond donors (Lipinski definition) is 1. The molecule has 0 saturated heterocycles. The van der Waals surface area contributed by atoms with Crippen LogP contribution in [0.2, 0.25) is 0 Å². The number of ether oxygens (including phenoxy) is 2. The lowest BCUT2D eigenvalue weighted by Gasteiger charge is -2.29.